The molecular formula is C15H15F3N2O. The summed E-state index contributed by atoms with van der Waals surface area (Å²) in [6.07, 6.45) is -3.33. The molecule has 2 heterocycles. The number of benzene rings is 1. The highest BCUT2D eigenvalue weighted by Crippen LogP contribution is 2.40. The Morgan fingerprint density at radius 3 is 2.71 bits per heavy atom. The number of aryl methyl sites for hydroxylation is 1. The van der Waals surface area contributed by atoms with Gasteiger partial charge in [0.1, 0.15) is 0 Å². The van der Waals surface area contributed by atoms with E-state index in [2.05, 4.69) is 4.98 Å². The molecule has 0 amide bonds. The van der Waals surface area contributed by atoms with Gasteiger partial charge in [0.25, 0.3) is 0 Å². The van der Waals surface area contributed by atoms with Crippen molar-refractivity contribution in [1.29, 1.82) is 0 Å². The molecule has 6 heteroatoms. The van der Waals surface area contributed by atoms with E-state index in [-0.39, 0.29) is 13.0 Å². The van der Waals surface area contributed by atoms with Gasteiger partial charge < -0.3 is 10.0 Å². The molecule has 3 rings (SSSR count). The third-order valence-electron chi connectivity index (χ3n) is 4.07. The molecule has 1 fully saturated rings. The molecule has 0 saturated carbocycles. The van der Waals surface area contributed by atoms with Crippen molar-refractivity contribution in [2.45, 2.75) is 25.1 Å². The number of anilines is 1. The van der Waals surface area contributed by atoms with Gasteiger partial charge in [0.2, 0.25) is 0 Å². The number of nitrogens with zero attached hydrogens (tertiary/aromatic N) is 2. The monoisotopic (exact) mass is 296 g/mol. The summed E-state index contributed by atoms with van der Waals surface area (Å²) in [5.74, 6) is 0. The Kier molecular flexibility index (Phi) is 3.09. The maximum absolute atomic E-state index is 12.9. The molecule has 0 bridgehead atoms. The summed E-state index contributed by atoms with van der Waals surface area (Å²) in [5.41, 5.74) is -0.201. The molecule has 1 aromatic carbocycles. The molecule has 112 valence electrons. The molecule has 3 nitrogen and oxygen atoms in total. The molecule has 1 aromatic heterocycles. The van der Waals surface area contributed by atoms with Gasteiger partial charge >= 0.3 is 6.18 Å². The minimum absolute atomic E-state index is 0.170. The van der Waals surface area contributed by atoms with Crippen LogP contribution in [-0.4, -0.2) is 35.0 Å². The molecule has 1 aliphatic rings. The number of aliphatic hydroxyl groups is 1. The lowest BCUT2D eigenvalue weighted by Crippen LogP contribution is -2.47. The highest BCUT2D eigenvalue weighted by Gasteiger charge is 2.57. The molecule has 1 unspecified atom stereocenters. The van der Waals surface area contributed by atoms with Crippen LogP contribution in [0.4, 0.5) is 18.9 Å². The number of rotatable bonds is 1. The molecule has 21 heavy (non-hydrogen) atoms. The minimum Gasteiger partial charge on any atom is -0.379 e. The van der Waals surface area contributed by atoms with E-state index in [4.69, 9.17) is 0 Å². The Labute approximate surface area is 120 Å². The number of alkyl halides is 3. The van der Waals surface area contributed by atoms with E-state index in [1.54, 1.807) is 17.2 Å². The van der Waals surface area contributed by atoms with Crippen molar-refractivity contribution in [2.75, 3.05) is 18.0 Å². The van der Waals surface area contributed by atoms with Gasteiger partial charge in [-0.3, -0.25) is 4.98 Å². The molecule has 0 aliphatic carbocycles. The van der Waals surface area contributed by atoms with Crippen molar-refractivity contribution in [3.05, 3.63) is 36.0 Å². The van der Waals surface area contributed by atoms with Gasteiger partial charge in [-0.05, 0) is 18.6 Å². The van der Waals surface area contributed by atoms with Crippen molar-refractivity contribution < 1.29 is 18.3 Å². The maximum atomic E-state index is 12.9. The molecule has 2 aromatic rings. The van der Waals surface area contributed by atoms with Crippen molar-refractivity contribution in [1.82, 2.24) is 4.98 Å². The summed E-state index contributed by atoms with van der Waals surface area (Å²) < 4.78 is 38.8. The Morgan fingerprint density at radius 1 is 1.29 bits per heavy atom. The van der Waals surface area contributed by atoms with Crippen LogP contribution in [0, 0.1) is 6.92 Å². The topological polar surface area (TPSA) is 36.4 Å². The standard InChI is InChI=1S/C15H15F3N2O/c1-10-3-2-4-11-12(5-7-19-13(10)11)20-8-6-14(21,9-20)15(16,17)18/h2-5,7,21H,6,8-9H2,1H3. The Bertz CT molecular complexity index is 686. The van der Waals surface area contributed by atoms with Crippen LogP contribution in [0.3, 0.4) is 0 Å². The number of fused-ring (bicyclic) bond motifs is 1. The number of pyridine rings is 1. The van der Waals surface area contributed by atoms with Gasteiger partial charge in [0, 0.05) is 30.2 Å². The maximum Gasteiger partial charge on any atom is 0.418 e. The molecule has 1 aliphatic heterocycles. The van der Waals surface area contributed by atoms with Gasteiger partial charge in [-0.15, -0.1) is 0 Å². The van der Waals surface area contributed by atoms with Crippen LogP contribution in [0.2, 0.25) is 0 Å². The fourth-order valence-corrected chi connectivity index (χ4v) is 2.82. The zero-order chi connectivity index (χ0) is 15.3. The lowest BCUT2D eigenvalue weighted by atomic mass is 10.0. The molecule has 1 N–H and O–H groups in total. The smallest absolute Gasteiger partial charge is 0.379 e. The lowest BCUT2D eigenvalue weighted by Gasteiger charge is -2.27. The second-order valence-corrected chi connectivity index (χ2v) is 5.50. The summed E-state index contributed by atoms with van der Waals surface area (Å²) in [6.45, 7) is 1.64. The molecule has 0 radical (unpaired) electrons. The normalized spacial score (nSPS) is 23.0. The number of β-amino-alcohol motifs (C(OH)–C–C–N with tert-alkyl or cyclic N) is 1. The van der Waals surface area contributed by atoms with Gasteiger partial charge in [-0.25, -0.2) is 0 Å². The fraction of sp³-hybridized carbons (Fsp3) is 0.400. The quantitative estimate of drug-likeness (QED) is 0.878. The fourth-order valence-electron chi connectivity index (χ4n) is 2.82. The van der Waals surface area contributed by atoms with Gasteiger partial charge in [-0.1, -0.05) is 18.2 Å². The molecule has 0 spiro atoms. The van der Waals surface area contributed by atoms with Crippen LogP contribution in [-0.2, 0) is 0 Å². The van der Waals surface area contributed by atoms with E-state index < -0.39 is 18.3 Å². The van der Waals surface area contributed by atoms with Gasteiger partial charge in [-0.2, -0.15) is 13.2 Å². The first kappa shape index (κ1) is 14.1. The van der Waals surface area contributed by atoms with Crippen LogP contribution in [0.5, 0.6) is 0 Å². The zero-order valence-corrected chi connectivity index (χ0v) is 11.5. The summed E-state index contributed by atoms with van der Waals surface area (Å²) in [4.78, 5) is 5.87. The number of para-hydroxylation sites is 1. The minimum atomic E-state index is -4.61. The molecular weight excluding hydrogens is 281 g/mol. The first-order chi connectivity index (χ1) is 9.82. The summed E-state index contributed by atoms with van der Waals surface area (Å²) in [7, 11) is 0. The average Bonchev–Trinajstić information content (AvgIpc) is 2.82. The van der Waals surface area contributed by atoms with Crippen molar-refractivity contribution in [2.24, 2.45) is 0 Å². The van der Waals surface area contributed by atoms with Crippen LogP contribution in [0.15, 0.2) is 30.5 Å². The van der Waals surface area contributed by atoms with E-state index >= 15 is 0 Å². The van der Waals surface area contributed by atoms with Crippen LogP contribution < -0.4 is 4.90 Å². The number of halogens is 3. The summed E-state index contributed by atoms with van der Waals surface area (Å²) in [6, 6.07) is 7.31. The average molecular weight is 296 g/mol. The van der Waals surface area contributed by atoms with Crippen molar-refractivity contribution in [3.63, 3.8) is 0 Å². The third kappa shape index (κ3) is 2.23. The SMILES string of the molecule is Cc1cccc2c(N3CCC(O)(C(F)(F)F)C3)ccnc12. The van der Waals surface area contributed by atoms with Crippen LogP contribution >= 0.6 is 0 Å². The Balaban J connectivity index is 2.02. The lowest BCUT2D eigenvalue weighted by molar-refractivity contribution is -0.250. The van der Waals surface area contributed by atoms with Crippen LogP contribution in [0.25, 0.3) is 10.9 Å². The predicted molar refractivity (Wildman–Crippen MR) is 74.3 cm³/mol. The highest BCUT2D eigenvalue weighted by atomic mass is 19.4. The van der Waals surface area contributed by atoms with E-state index in [0.29, 0.717) is 5.69 Å². The molecule has 1 atom stereocenters. The molecule has 1 saturated heterocycles. The van der Waals surface area contributed by atoms with E-state index in [0.717, 1.165) is 16.5 Å². The summed E-state index contributed by atoms with van der Waals surface area (Å²) >= 11 is 0. The zero-order valence-electron chi connectivity index (χ0n) is 11.5. The van der Waals surface area contributed by atoms with Gasteiger partial charge in [0.05, 0.1) is 12.1 Å². The van der Waals surface area contributed by atoms with Gasteiger partial charge in [0.15, 0.2) is 5.60 Å². The van der Waals surface area contributed by atoms with E-state index in [9.17, 15) is 18.3 Å². The van der Waals surface area contributed by atoms with E-state index in [1.165, 1.54) is 0 Å². The first-order valence-electron chi connectivity index (χ1n) is 6.70. The van der Waals surface area contributed by atoms with Crippen molar-refractivity contribution >= 4 is 16.6 Å². The predicted octanol–water partition coefficient (Wildman–Crippen LogP) is 3.05. The third-order valence-corrected chi connectivity index (χ3v) is 4.07. The first-order valence-corrected chi connectivity index (χ1v) is 6.70. The largest absolute Gasteiger partial charge is 0.418 e. The van der Waals surface area contributed by atoms with Crippen LogP contribution in [0.1, 0.15) is 12.0 Å². The van der Waals surface area contributed by atoms with Crippen molar-refractivity contribution in [3.8, 4) is 0 Å². The van der Waals surface area contributed by atoms with E-state index in [1.807, 2.05) is 25.1 Å². The number of aromatic nitrogens is 1. The Morgan fingerprint density at radius 2 is 2.05 bits per heavy atom. The number of hydrogen-bond donors (Lipinski definition) is 1. The second kappa shape index (κ2) is 4.59. The highest BCUT2D eigenvalue weighted by molar-refractivity contribution is 5.93. The summed E-state index contributed by atoms with van der Waals surface area (Å²) in [5, 5.41) is 10.6. The number of hydrogen-bond acceptors (Lipinski definition) is 3. The second-order valence-electron chi connectivity index (χ2n) is 5.50. The Hall–Kier alpha value is -1.82.